The van der Waals surface area contributed by atoms with Gasteiger partial charge in [0.05, 0.1) is 23.0 Å². The van der Waals surface area contributed by atoms with Crippen molar-refractivity contribution in [2.24, 2.45) is 0 Å². The Labute approximate surface area is 175 Å². The van der Waals surface area contributed by atoms with E-state index in [1.54, 1.807) is 43.6 Å². The van der Waals surface area contributed by atoms with E-state index in [1.165, 1.54) is 4.31 Å². The average molecular weight is 430 g/mol. The minimum atomic E-state index is -3.62. The van der Waals surface area contributed by atoms with Gasteiger partial charge < -0.3 is 9.15 Å². The molecule has 1 saturated heterocycles. The second kappa shape index (κ2) is 8.49. The standard InChI is InChI=1S/C20H23N5O4S/c1-3-28-17-6-8-18(9-7-17)30(26,27)25-10-4-5-15(13-25)19-23-24-20(29-19)16-11-21-14(2)22-12-16/h6-9,11-12,15H,3-5,10,13H2,1-2H3/t15-/m0/s1. The van der Waals surface area contributed by atoms with Crippen molar-refractivity contribution < 1.29 is 17.6 Å². The molecule has 0 N–H and O–H groups in total. The van der Waals surface area contributed by atoms with Gasteiger partial charge in [-0.2, -0.15) is 4.31 Å². The van der Waals surface area contributed by atoms with Crippen LogP contribution in [0.25, 0.3) is 11.5 Å². The van der Waals surface area contributed by atoms with Crippen molar-refractivity contribution in [2.45, 2.75) is 37.5 Å². The third-order valence-corrected chi connectivity index (χ3v) is 6.85. The Morgan fingerprint density at radius 3 is 2.60 bits per heavy atom. The van der Waals surface area contributed by atoms with Crippen LogP contribution in [-0.4, -0.2) is 52.6 Å². The first kappa shape index (κ1) is 20.4. The fourth-order valence-corrected chi connectivity index (χ4v) is 4.93. The fourth-order valence-electron chi connectivity index (χ4n) is 3.41. The molecule has 9 nitrogen and oxygen atoms in total. The maximum absolute atomic E-state index is 13.1. The predicted molar refractivity (Wildman–Crippen MR) is 108 cm³/mol. The van der Waals surface area contributed by atoms with E-state index in [-0.39, 0.29) is 10.8 Å². The van der Waals surface area contributed by atoms with Crippen LogP contribution in [0, 0.1) is 6.92 Å². The molecule has 0 radical (unpaired) electrons. The summed E-state index contributed by atoms with van der Waals surface area (Å²) >= 11 is 0. The molecule has 1 aromatic carbocycles. The molecule has 1 fully saturated rings. The maximum atomic E-state index is 13.1. The van der Waals surface area contributed by atoms with Crippen molar-refractivity contribution in [1.82, 2.24) is 24.5 Å². The Kier molecular flexibility index (Phi) is 5.78. The lowest BCUT2D eigenvalue weighted by molar-refractivity contribution is 0.286. The van der Waals surface area contributed by atoms with Crippen molar-refractivity contribution in [3.63, 3.8) is 0 Å². The number of rotatable bonds is 6. The first-order valence-electron chi connectivity index (χ1n) is 9.83. The molecule has 10 heteroatoms. The zero-order valence-electron chi connectivity index (χ0n) is 16.9. The lowest BCUT2D eigenvalue weighted by Crippen LogP contribution is -2.39. The molecule has 1 aliphatic rings. The predicted octanol–water partition coefficient (Wildman–Crippen LogP) is 2.80. The Morgan fingerprint density at radius 2 is 1.90 bits per heavy atom. The van der Waals surface area contributed by atoms with Crippen LogP contribution in [0.2, 0.25) is 0 Å². The van der Waals surface area contributed by atoms with Crippen molar-refractivity contribution in [3.05, 3.63) is 48.4 Å². The van der Waals surface area contributed by atoms with Crippen LogP contribution < -0.4 is 4.74 Å². The van der Waals surface area contributed by atoms with E-state index in [1.807, 2.05) is 6.92 Å². The minimum absolute atomic E-state index is 0.163. The van der Waals surface area contributed by atoms with E-state index in [0.29, 0.717) is 55.0 Å². The van der Waals surface area contributed by atoms with E-state index in [2.05, 4.69) is 20.2 Å². The molecule has 0 amide bonds. The van der Waals surface area contributed by atoms with E-state index in [4.69, 9.17) is 9.15 Å². The molecule has 3 heterocycles. The van der Waals surface area contributed by atoms with Gasteiger partial charge in [-0.3, -0.25) is 0 Å². The highest BCUT2D eigenvalue weighted by Crippen LogP contribution is 2.31. The zero-order chi connectivity index (χ0) is 21.1. The summed E-state index contributed by atoms with van der Waals surface area (Å²) in [5.74, 6) is 1.89. The maximum Gasteiger partial charge on any atom is 0.250 e. The van der Waals surface area contributed by atoms with E-state index in [9.17, 15) is 8.42 Å². The largest absolute Gasteiger partial charge is 0.494 e. The number of piperidine rings is 1. The summed E-state index contributed by atoms with van der Waals surface area (Å²) in [6, 6.07) is 6.50. The molecule has 158 valence electrons. The topological polar surface area (TPSA) is 111 Å². The molecule has 2 aromatic heterocycles. The van der Waals surface area contributed by atoms with Gasteiger partial charge in [0.2, 0.25) is 15.9 Å². The number of sulfonamides is 1. The highest BCUT2D eigenvalue weighted by Gasteiger charge is 2.33. The third-order valence-electron chi connectivity index (χ3n) is 4.97. The zero-order valence-corrected chi connectivity index (χ0v) is 17.7. The summed E-state index contributed by atoms with van der Waals surface area (Å²) in [5.41, 5.74) is 0.633. The SMILES string of the molecule is CCOc1ccc(S(=O)(=O)N2CCC[C@H](c3nnc(-c4cnc(C)nc4)o3)C2)cc1. The molecule has 3 aromatic rings. The van der Waals surface area contributed by atoms with Gasteiger partial charge in [0.1, 0.15) is 11.6 Å². The normalized spacial score (nSPS) is 17.7. The van der Waals surface area contributed by atoms with Crippen LogP contribution in [0.3, 0.4) is 0 Å². The van der Waals surface area contributed by atoms with Gasteiger partial charge >= 0.3 is 0 Å². The summed E-state index contributed by atoms with van der Waals surface area (Å²) in [5, 5.41) is 8.24. The Bertz CT molecular complexity index is 1100. The Hall–Kier alpha value is -2.85. The van der Waals surface area contributed by atoms with Crippen molar-refractivity contribution >= 4 is 10.0 Å². The molecular weight excluding hydrogens is 406 g/mol. The number of ether oxygens (including phenoxy) is 1. The number of hydrogen-bond donors (Lipinski definition) is 0. The van der Waals surface area contributed by atoms with E-state index >= 15 is 0 Å². The van der Waals surface area contributed by atoms with Gasteiger partial charge in [0.25, 0.3) is 5.89 Å². The molecular formula is C20H23N5O4S. The summed E-state index contributed by atoms with van der Waals surface area (Å²) in [6.07, 6.45) is 4.75. The minimum Gasteiger partial charge on any atom is -0.494 e. The van der Waals surface area contributed by atoms with Gasteiger partial charge in [0.15, 0.2) is 0 Å². The number of nitrogens with zero attached hydrogens (tertiary/aromatic N) is 5. The van der Waals surface area contributed by atoms with Crippen molar-refractivity contribution in [1.29, 1.82) is 0 Å². The number of benzene rings is 1. The van der Waals surface area contributed by atoms with Gasteiger partial charge in [-0.25, -0.2) is 18.4 Å². The molecule has 0 bridgehead atoms. The molecule has 0 unspecified atom stereocenters. The highest BCUT2D eigenvalue weighted by atomic mass is 32.2. The number of aromatic nitrogens is 4. The monoisotopic (exact) mass is 429 g/mol. The van der Waals surface area contributed by atoms with Crippen LogP contribution >= 0.6 is 0 Å². The van der Waals surface area contributed by atoms with Crippen molar-refractivity contribution in [2.75, 3.05) is 19.7 Å². The summed E-state index contributed by atoms with van der Waals surface area (Å²) in [7, 11) is -3.62. The fraction of sp³-hybridized carbons (Fsp3) is 0.400. The summed E-state index contributed by atoms with van der Waals surface area (Å²) < 4.78 is 38.9. The lowest BCUT2D eigenvalue weighted by Gasteiger charge is -2.30. The summed E-state index contributed by atoms with van der Waals surface area (Å²) in [6.45, 7) is 4.96. The van der Waals surface area contributed by atoms with Crippen LogP contribution in [0.15, 0.2) is 46.0 Å². The van der Waals surface area contributed by atoms with Crippen molar-refractivity contribution in [3.8, 4) is 17.2 Å². The quantitative estimate of drug-likeness (QED) is 0.588. The van der Waals surface area contributed by atoms with Gasteiger partial charge in [-0.15, -0.1) is 10.2 Å². The van der Waals surface area contributed by atoms with Gasteiger partial charge in [-0.05, 0) is 51.0 Å². The van der Waals surface area contributed by atoms with E-state index in [0.717, 1.165) is 6.42 Å². The first-order valence-corrected chi connectivity index (χ1v) is 11.3. The lowest BCUT2D eigenvalue weighted by atomic mass is 10.00. The average Bonchev–Trinajstić information content (AvgIpc) is 3.25. The molecule has 30 heavy (non-hydrogen) atoms. The van der Waals surface area contributed by atoms with Crippen LogP contribution in [0.5, 0.6) is 5.75 Å². The van der Waals surface area contributed by atoms with E-state index < -0.39 is 10.0 Å². The summed E-state index contributed by atoms with van der Waals surface area (Å²) in [4.78, 5) is 8.52. The molecule has 1 aliphatic heterocycles. The van der Waals surface area contributed by atoms with Gasteiger partial charge in [-0.1, -0.05) is 0 Å². The highest BCUT2D eigenvalue weighted by molar-refractivity contribution is 7.89. The van der Waals surface area contributed by atoms with Crippen LogP contribution in [-0.2, 0) is 10.0 Å². The molecule has 0 aliphatic carbocycles. The molecule has 0 saturated carbocycles. The van der Waals surface area contributed by atoms with Crippen LogP contribution in [0.1, 0.15) is 37.4 Å². The first-order chi connectivity index (χ1) is 14.5. The number of aryl methyl sites for hydroxylation is 1. The molecule has 4 rings (SSSR count). The second-order valence-corrected chi connectivity index (χ2v) is 9.01. The third kappa shape index (κ3) is 4.19. The van der Waals surface area contributed by atoms with Gasteiger partial charge in [0, 0.05) is 25.5 Å². The Morgan fingerprint density at radius 1 is 1.17 bits per heavy atom. The Balaban J connectivity index is 1.51. The molecule has 1 atom stereocenters. The smallest absolute Gasteiger partial charge is 0.250 e. The molecule has 0 spiro atoms. The van der Waals surface area contributed by atoms with Crippen LogP contribution in [0.4, 0.5) is 0 Å². The second-order valence-electron chi connectivity index (χ2n) is 7.07. The number of hydrogen-bond acceptors (Lipinski definition) is 8.